The third kappa shape index (κ3) is 2.47. The lowest BCUT2D eigenvalue weighted by Crippen LogP contribution is -2.52. The van der Waals surface area contributed by atoms with Crippen LogP contribution in [0, 0.1) is 5.41 Å². The molecule has 0 aliphatic carbocycles. The number of carbonyl (C=O) groups is 3. The number of imide groups is 1. The summed E-state index contributed by atoms with van der Waals surface area (Å²) in [7, 11) is 3.45. The zero-order chi connectivity index (χ0) is 13.3. The predicted molar refractivity (Wildman–Crippen MR) is 64.7 cm³/mol. The minimum atomic E-state index is -0.220. The molecule has 0 unspecified atom stereocenters. The van der Waals surface area contributed by atoms with Crippen LogP contribution in [-0.2, 0) is 9.59 Å². The molecular formula is C12H19N3O3. The van der Waals surface area contributed by atoms with Crippen LogP contribution in [0.5, 0.6) is 0 Å². The standard InChI is InChI=1S/C12H19N3O3/c1-14(2)11(18)15-5-3-12(4-6-15)7-9(16)13-10(17)8-12/h3-8H2,1-2H3,(H,13,16,17). The molecule has 0 aromatic rings. The van der Waals surface area contributed by atoms with Crippen LogP contribution >= 0.6 is 0 Å². The van der Waals surface area contributed by atoms with Gasteiger partial charge in [0.1, 0.15) is 0 Å². The number of nitrogens with one attached hydrogen (secondary N) is 1. The van der Waals surface area contributed by atoms with Crippen molar-refractivity contribution in [3.63, 3.8) is 0 Å². The minimum Gasteiger partial charge on any atom is -0.331 e. The Morgan fingerprint density at radius 2 is 1.67 bits per heavy atom. The van der Waals surface area contributed by atoms with E-state index in [1.807, 2.05) is 0 Å². The SMILES string of the molecule is CN(C)C(=O)N1CCC2(CC1)CC(=O)NC(=O)C2. The molecule has 2 aliphatic rings. The van der Waals surface area contributed by atoms with Crippen LogP contribution in [0.1, 0.15) is 25.7 Å². The molecule has 0 atom stereocenters. The van der Waals surface area contributed by atoms with Crippen LogP contribution in [0.4, 0.5) is 4.79 Å². The highest BCUT2D eigenvalue weighted by Crippen LogP contribution is 2.40. The minimum absolute atomic E-state index is 0.00330. The van der Waals surface area contributed by atoms with Gasteiger partial charge in [-0.1, -0.05) is 0 Å². The number of nitrogens with zero attached hydrogens (tertiary/aromatic N) is 2. The van der Waals surface area contributed by atoms with E-state index < -0.39 is 0 Å². The molecule has 0 radical (unpaired) electrons. The van der Waals surface area contributed by atoms with Gasteiger partial charge in [-0.2, -0.15) is 0 Å². The molecule has 0 aromatic carbocycles. The first kappa shape index (κ1) is 12.9. The van der Waals surface area contributed by atoms with Gasteiger partial charge in [-0.3, -0.25) is 14.9 Å². The van der Waals surface area contributed by atoms with Crippen molar-refractivity contribution < 1.29 is 14.4 Å². The number of piperidine rings is 2. The summed E-state index contributed by atoms with van der Waals surface area (Å²) in [4.78, 5) is 38.0. The summed E-state index contributed by atoms with van der Waals surface area (Å²) in [5.41, 5.74) is -0.220. The van der Waals surface area contributed by atoms with Crippen LogP contribution in [0.25, 0.3) is 0 Å². The van der Waals surface area contributed by atoms with E-state index in [-0.39, 0.29) is 23.3 Å². The number of carbonyl (C=O) groups excluding carboxylic acids is 3. The van der Waals surface area contributed by atoms with Crippen molar-refractivity contribution in [1.82, 2.24) is 15.1 Å². The summed E-state index contributed by atoms with van der Waals surface area (Å²) in [5.74, 6) is -0.364. The van der Waals surface area contributed by atoms with Crippen molar-refractivity contribution in [1.29, 1.82) is 0 Å². The Morgan fingerprint density at radius 1 is 1.17 bits per heavy atom. The maximum Gasteiger partial charge on any atom is 0.319 e. The third-order valence-electron chi connectivity index (χ3n) is 3.83. The van der Waals surface area contributed by atoms with E-state index in [1.54, 1.807) is 23.9 Å². The molecule has 2 rings (SSSR count). The van der Waals surface area contributed by atoms with E-state index in [9.17, 15) is 14.4 Å². The monoisotopic (exact) mass is 253 g/mol. The van der Waals surface area contributed by atoms with E-state index in [1.165, 1.54) is 0 Å². The molecule has 100 valence electrons. The fourth-order valence-corrected chi connectivity index (χ4v) is 2.80. The van der Waals surface area contributed by atoms with Gasteiger partial charge < -0.3 is 9.80 Å². The highest BCUT2D eigenvalue weighted by atomic mass is 16.2. The molecule has 6 heteroatoms. The molecule has 2 heterocycles. The van der Waals surface area contributed by atoms with Crippen molar-refractivity contribution in [2.24, 2.45) is 5.41 Å². The average Bonchev–Trinajstić information content (AvgIpc) is 2.27. The zero-order valence-electron chi connectivity index (χ0n) is 10.9. The number of likely N-dealkylation sites (tertiary alicyclic amines) is 1. The second-order valence-electron chi connectivity index (χ2n) is 5.49. The lowest BCUT2D eigenvalue weighted by molar-refractivity contribution is -0.139. The maximum atomic E-state index is 11.8. The van der Waals surface area contributed by atoms with E-state index in [0.717, 1.165) is 12.8 Å². The number of hydrogen-bond donors (Lipinski definition) is 1. The number of hydrogen-bond acceptors (Lipinski definition) is 3. The number of amides is 4. The Labute approximate surface area is 106 Å². The maximum absolute atomic E-state index is 11.8. The molecule has 0 aromatic heterocycles. The summed E-state index contributed by atoms with van der Waals surface area (Å²) in [6.45, 7) is 1.25. The molecule has 2 aliphatic heterocycles. The summed E-state index contributed by atoms with van der Waals surface area (Å²) in [5, 5.41) is 2.34. The fraction of sp³-hybridized carbons (Fsp3) is 0.750. The molecular weight excluding hydrogens is 234 g/mol. The summed E-state index contributed by atoms with van der Waals surface area (Å²) >= 11 is 0. The highest BCUT2D eigenvalue weighted by Gasteiger charge is 2.42. The molecule has 6 nitrogen and oxygen atoms in total. The highest BCUT2D eigenvalue weighted by molar-refractivity contribution is 5.98. The first-order valence-corrected chi connectivity index (χ1v) is 6.21. The first-order valence-electron chi connectivity index (χ1n) is 6.21. The van der Waals surface area contributed by atoms with Gasteiger partial charge in [0, 0.05) is 40.0 Å². The van der Waals surface area contributed by atoms with Crippen LogP contribution in [0.15, 0.2) is 0 Å². The molecule has 2 fully saturated rings. The average molecular weight is 253 g/mol. The normalized spacial score (nSPS) is 22.9. The van der Waals surface area contributed by atoms with Crippen LogP contribution in [0.2, 0.25) is 0 Å². The lowest BCUT2D eigenvalue weighted by atomic mass is 9.71. The Bertz CT molecular complexity index is 366. The molecule has 2 saturated heterocycles. The fourth-order valence-electron chi connectivity index (χ4n) is 2.80. The van der Waals surface area contributed by atoms with Crippen molar-refractivity contribution in [2.75, 3.05) is 27.2 Å². The summed E-state index contributed by atoms with van der Waals surface area (Å²) < 4.78 is 0. The summed E-state index contributed by atoms with van der Waals surface area (Å²) in [6, 6.07) is -0.00330. The zero-order valence-corrected chi connectivity index (χ0v) is 10.9. The van der Waals surface area contributed by atoms with Crippen molar-refractivity contribution in [3.05, 3.63) is 0 Å². The molecule has 0 bridgehead atoms. The van der Waals surface area contributed by atoms with Crippen molar-refractivity contribution in [2.45, 2.75) is 25.7 Å². The molecule has 4 amide bonds. The van der Waals surface area contributed by atoms with Gasteiger partial charge in [-0.15, -0.1) is 0 Å². The van der Waals surface area contributed by atoms with Gasteiger partial charge in [-0.05, 0) is 18.3 Å². The number of rotatable bonds is 0. The van der Waals surface area contributed by atoms with Gasteiger partial charge >= 0.3 is 6.03 Å². The van der Waals surface area contributed by atoms with Gasteiger partial charge in [0.05, 0.1) is 0 Å². The van der Waals surface area contributed by atoms with Crippen LogP contribution in [0.3, 0.4) is 0 Å². The Morgan fingerprint density at radius 3 is 2.11 bits per heavy atom. The van der Waals surface area contributed by atoms with Crippen molar-refractivity contribution in [3.8, 4) is 0 Å². The van der Waals surface area contributed by atoms with E-state index in [4.69, 9.17) is 0 Å². The number of urea groups is 1. The smallest absolute Gasteiger partial charge is 0.319 e. The van der Waals surface area contributed by atoms with Gasteiger partial charge in [0.25, 0.3) is 0 Å². The molecule has 0 saturated carbocycles. The summed E-state index contributed by atoms with van der Waals surface area (Å²) in [6.07, 6.45) is 2.27. The Balaban J connectivity index is 1.99. The third-order valence-corrected chi connectivity index (χ3v) is 3.83. The van der Waals surface area contributed by atoms with Gasteiger partial charge in [-0.25, -0.2) is 4.79 Å². The predicted octanol–water partition coefficient (Wildman–Crippen LogP) is 0.187. The van der Waals surface area contributed by atoms with Crippen LogP contribution in [-0.4, -0.2) is 54.8 Å². The quantitative estimate of drug-likeness (QED) is 0.626. The Hall–Kier alpha value is -1.59. The molecule has 1 N–H and O–H groups in total. The van der Waals surface area contributed by atoms with Gasteiger partial charge in [0.2, 0.25) is 11.8 Å². The largest absolute Gasteiger partial charge is 0.331 e. The lowest BCUT2D eigenvalue weighted by Gasteiger charge is -2.43. The van der Waals surface area contributed by atoms with Crippen LogP contribution < -0.4 is 5.32 Å². The van der Waals surface area contributed by atoms with Gasteiger partial charge in [0.15, 0.2) is 0 Å². The Kier molecular flexibility index (Phi) is 3.28. The second-order valence-corrected chi connectivity index (χ2v) is 5.49. The van der Waals surface area contributed by atoms with E-state index in [2.05, 4.69) is 5.32 Å². The molecule has 18 heavy (non-hydrogen) atoms. The molecule has 1 spiro atoms. The van der Waals surface area contributed by atoms with E-state index in [0.29, 0.717) is 25.9 Å². The van der Waals surface area contributed by atoms with E-state index >= 15 is 0 Å². The van der Waals surface area contributed by atoms with Crippen molar-refractivity contribution >= 4 is 17.8 Å². The second kappa shape index (κ2) is 4.59. The topological polar surface area (TPSA) is 69.7 Å². The first-order chi connectivity index (χ1) is 8.42.